The number of aryl methyl sites for hydroxylation is 2. The Bertz CT molecular complexity index is 589. The van der Waals surface area contributed by atoms with Crippen molar-refractivity contribution in [1.29, 1.82) is 0 Å². The van der Waals surface area contributed by atoms with Crippen molar-refractivity contribution in [3.63, 3.8) is 0 Å². The summed E-state index contributed by atoms with van der Waals surface area (Å²) in [6.45, 7) is 0. The molecule has 3 rings (SSSR count). The molecule has 0 radical (unpaired) electrons. The second-order valence-electron chi connectivity index (χ2n) is 5.18. The highest BCUT2D eigenvalue weighted by Gasteiger charge is 2.44. The zero-order chi connectivity index (χ0) is 13.3. The van der Waals surface area contributed by atoms with E-state index in [2.05, 4.69) is 17.5 Å². The van der Waals surface area contributed by atoms with E-state index in [0.717, 1.165) is 24.8 Å². The molecule has 3 heteroatoms. The maximum absolute atomic E-state index is 11.8. The summed E-state index contributed by atoms with van der Waals surface area (Å²) < 4.78 is 0. The van der Waals surface area contributed by atoms with Crippen LogP contribution in [0.15, 0.2) is 41.1 Å². The number of carboxylic acid groups (broad SMARTS) is 1. The van der Waals surface area contributed by atoms with Crippen molar-refractivity contribution in [1.82, 2.24) is 0 Å². The zero-order valence-corrected chi connectivity index (χ0v) is 11.5. The molecule has 1 heterocycles. The molecule has 1 aromatic carbocycles. The topological polar surface area (TPSA) is 37.3 Å². The number of fused-ring (bicyclic) bond motifs is 1. The van der Waals surface area contributed by atoms with Gasteiger partial charge in [-0.05, 0) is 59.2 Å². The number of aliphatic carboxylic acids is 1. The van der Waals surface area contributed by atoms with E-state index in [-0.39, 0.29) is 0 Å². The average molecular weight is 272 g/mol. The largest absolute Gasteiger partial charge is 0.481 e. The number of hydrogen-bond donors (Lipinski definition) is 1. The molecule has 1 aliphatic rings. The number of benzene rings is 1. The zero-order valence-electron chi connectivity index (χ0n) is 10.6. The van der Waals surface area contributed by atoms with Crippen LogP contribution < -0.4 is 0 Å². The van der Waals surface area contributed by atoms with Crippen LogP contribution in [0.1, 0.15) is 29.5 Å². The van der Waals surface area contributed by atoms with Gasteiger partial charge in [0.2, 0.25) is 0 Å². The summed E-state index contributed by atoms with van der Waals surface area (Å²) in [6, 6.07) is 10.1. The van der Waals surface area contributed by atoms with Crippen molar-refractivity contribution in [3.05, 3.63) is 57.8 Å². The summed E-state index contributed by atoms with van der Waals surface area (Å²) in [5, 5.41) is 13.9. The Kier molecular flexibility index (Phi) is 3.15. The van der Waals surface area contributed by atoms with Gasteiger partial charge in [-0.1, -0.05) is 24.3 Å². The van der Waals surface area contributed by atoms with Gasteiger partial charge in [-0.25, -0.2) is 0 Å². The molecule has 19 heavy (non-hydrogen) atoms. The minimum atomic E-state index is -0.682. The maximum Gasteiger partial charge on any atom is 0.314 e. The second-order valence-corrected chi connectivity index (χ2v) is 5.96. The monoisotopic (exact) mass is 272 g/mol. The molecule has 2 aromatic rings. The van der Waals surface area contributed by atoms with E-state index in [0.29, 0.717) is 6.42 Å². The molecule has 0 fully saturated rings. The van der Waals surface area contributed by atoms with Crippen LogP contribution in [-0.2, 0) is 23.1 Å². The number of rotatable bonds is 4. The molecule has 0 spiro atoms. The van der Waals surface area contributed by atoms with Gasteiger partial charge in [-0.15, -0.1) is 0 Å². The number of thiophene rings is 1. The lowest BCUT2D eigenvalue weighted by molar-refractivity contribution is -0.144. The van der Waals surface area contributed by atoms with Crippen molar-refractivity contribution in [3.8, 4) is 0 Å². The molecule has 1 N–H and O–H groups in total. The summed E-state index contributed by atoms with van der Waals surface area (Å²) in [6.07, 6.45) is 3.14. The molecule has 0 amide bonds. The van der Waals surface area contributed by atoms with Crippen LogP contribution in [0.5, 0.6) is 0 Å². The summed E-state index contributed by atoms with van der Waals surface area (Å²) >= 11 is 1.67. The minimum Gasteiger partial charge on any atom is -0.481 e. The second kappa shape index (κ2) is 4.82. The van der Waals surface area contributed by atoms with E-state index in [1.54, 1.807) is 11.3 Å². The highest BCUT2D eigenvalue weighted by Crippen LogP contribution is 2.42. The van der Waals surface area contributed by atoms with Crippen LogP contribution in [0.25, 0.3) is 0 Å². The molecule has 0 saturated carbocycles. The highest BCUT2D eigenvalue weighted by molar-refractivity contribution is 7.07. The predicted molar refractivity (Wildman–Crippen MR) is 76.7 cm³/mol. The van der Waals surface area contributed by atoms with Crippen LogP contribution in [0.2, 0.25) is 0 Å². The van der Waals surface area contributed by atoms with Gasteiger partial charge in [0.25, 0.3) is 0 Å². The minimum absolute atomic E-state index is 0.673. The Balaban J connectivity index is 1.91. The fraction of sp³-hybridized carbons (Fsp3) is 0.312. The van der Waals surface area contributed by atoms with E-state index in [1.807, 2.05) is 23.6 Å². The first-order valence-electron chi connectivity index (χ1n) is 6.55. The van der Waals surface area contributed by atoms with Crippen LogP contribution >= 0.6 is 11.3 Å². The lowest BCUT2D eigenvalue weighted by atomic mass is 9.77. The van der Waals surface area contributed by atoms with Gasteiger partial charge in [0, 0.05) is 0 Å². The summed E-state index contributed by atoms with van der Waals surface area (Å²) in [5.74, 6) is -0.673. The molecule has 1 unspecified atom stereocenters. The van der Waals surface area contributed by atoms with Crippen LogP contribution in [-0.4, -0.2) is 11.1 Å². The quantitative estimate of drug-likeness (QED) is 0.922. The first-order chi connectivity index (χ1) is 9.22. The average Bonchev–Trinajstić information content (AvgIpc) is 3.05. The van der Waals surface area contributed by atoms with Gasteiger partial charge in [0.1, 0.15) is 0 Å². The predicted octanol–water partition coefficient (Wildman–Crippen LogP) is 3.65. The third-order valence-corrected chi connectivity index (χ3v) is 4.92. The first-order valence-corrected chi connectivity index (χ1v) is 7.49. The van der Waals surface area contributed by atoms with Crippen LogP contribution in [0, 0.1) is 0 Å². The molecule has 0 bridgehead atoms. The van der Waals surface area contributed by atoms with Gasteiger partial charge < -0.3 is 5.11 Å². The summed E-state index contributed by atoms with van der Waals surface area (Å²) in [4.78, 5) is 11.8. The van der Waals surface area contributed by atoms with Crippen molar-refractivity contribution < 1.29 is 9.90 Å². The maximum atomic E-state index is 11.8. The Morgan fingerprint density at radius 3 is 2.89 bits per heavy atom. The van der Waals surface area contributed by atoms with E-state index < -0.39 is 11.4 Å². The van der Waals surface area contributed by atoms with Gasteiger partial charge in [-0.2, -0.15) is 11.3 Å². The van der Waals surface area contributed by atoms with Gasteiger partial charge in [-0.3, -0.25) is 4.79 Å². The molecule has 1 atom stereocenters. The van der Waals surface area contributed by atoms with Gasteiger partial charge in [0.15, 0.2) is 0 Å². The Morgan fingerprint density at radius 1 is 1.32 bits per heavy atom. The number of hydrogen-bond acceptors (Lipinski definition) is 2. The smallest absolute Gasteiger partial charge is 0.314 e. The third-order valence-electron chi connectivity index (χ3n) is 4.18. The molecule has 98 valence electrons. The molecular formula is C16H16O2S. The van der Waals surface area contributed by atoms with Crippen LogP contribution in [0.4, 0.5) is 0 Å². The van der Waals surface area contributed by atoms with E-state index in [1.165, 1.54) is 11.1 Å². The molecule has 0 saturated heterocycles. The Labute approximate surface area is 116 Å². The summed E-state index contributed by atoms with van der Waals surface area (Å²) in [5.41, 5.74) is 2.79. The first kappa shape index (κ1) is 12.4. The summed E-state index contributed by atoms with van der Waals surface area (Å²) in [7, 11) is 0. The molecule has 2 nitrogen and oxygen atoms in total. The highest BCUT2D eigenvalue weighted by atomic mass is 32.1. The molecule has 1 aromatic heterocycles. The van der Waals surface area contributed by atoms with Crippen molar-refractivity contribution in [2.75, 3.05) is 0 Å². The Hall–Kier alpha value is -1.61. The van der Waals surface area contributed by atoms with Crippen molar-refractivity contribution in [2.45, 2.75) is 31.1 Å². The molecule has 0 aliphatic heterocycles. The third kappa shape index (κ3) is 2.08. The van der Waals surface area contributed by atoms with Crippen LogP contribution in [0.3, 0.4) is 0 Å². The normalized spacial score (nSPS) is 21.3. The lowest BCUT2D eigenvalue weighted by Crippen LogP contribution is -2.34. The fourth-order valence-electron chi connectivity index (χ4n) is 3.07. The number of carboxylic acids is 1. The van der Waals surface area contributed by atoms with Crippen molar-refractivity contribution >= 4 is 17.3 Å². The molecular weight excluding hydrogens is 256 g/mol. The number of carbonyl (C=O) groups is 1. The molecule has 1 aliphatic carbocycles. The SMILES string of the molecule is O=C(O)C1(CCc2ccsc2)CCc2ccccc21. The van der Waals surface area contributed by atoms with Gasteiger partial charge in [0.05, 0.1) is 5.41 Å². The lowest BCUT2D eigenvalue weighted by Gasteiger charge is -2.25. The standard InChI is InChI=1S/C16H16O2S/c17-15(18)16(8-5-12-7-10-19-11-12)9-6-13-3-1-2-4-14(13)16/h1-4,7,10-11H,5-6,8-9H2,(H,17,18). The van der Waals surface area contributed by atoms with E-state index in [9.17, 15) is 9.90 Å². The van der Waals surface area contributed by atoms with Crippen molar-refractivity contribution in [2.24, 2.45) is 0 Å². The van der Waals surface area contributed by atoms with E-state index in [4.69, 9.17) is 0 Å². The fourth-order valence-corrected chi connectivity index (χ4v) is 3.77. The Morgan fingerprint density at radius 2 is 2.16 bits per heavy atom. The van der Waals surface area contributed by atoms with Gasteiger partial charge >= 0.3 is 5.97 Å². The van der Waals surface area contributed by atoms with E-state index >= 15 is 0 Å².